The van der Waals surface area contributed by atoms with Gasteiger partial charge < -0.3 is 14.4 Å². The Bertz CT molecular complexity index is 485. The van der Waals surface area contributed by atoms with Crippen molar-refractivity contribution in [1.82, 2.24) is 14.5 Å². The highest BCUT2D eigenvalue weighted by molar-refractivity contribution is 5.76. The van der Waals surface area contributed by atoms with Crippen molar-refractivity contribution in [3.8, 4) is 0 Å². The van der Waals surface area contributed by atoms with Gasteiger partial charge >= 0.3 is 0 Å². The summed E-state index contributed by atoms with van der Waals surface area (Å²) in [6, 6.07) is 0. The van der Waals surface area contributed by atoms with Crippen LogP contribution in [0.2, 0.25) is 0 Å². The molecule has 0 unspecified atom stereocenters. The maximum absolute atomic E-state index is 12.5. The summed E-state index contributed by atoms with van der Waals surface area (Å²) in [6.07, 6.45) is 11.1. The number of hydrogen-bond acceptors (Lipinski definition) is 3. The number of carbonyl (C=O) groups is 1. The average molecular weight is 304 g/mol. The second-order valence-electron chi connectivity index (χ2n) is 6.59. The van der Waals surface area contributed by atoms with Crippen LogP contribution in [-0.2, 0) is 11.3 Å². The monoisotopic (exact) mass is 304 g/mol. The Labute approximate surface area is 133 Å². The number of carbonyl (C=O) groups excluding carboxylic acids is 1. The molecule has 1 saturated carbocycles. The van der Waals surface area contributed by atoms with E-state index in [1.54, 1.807) is 0 Å². The maximum Gasteiger partial charge on any atom is 0.222 e. The molecule has 5 heteroatoms. The van der Waals surface area contributed by atoms with Gasteiger partial charge in [-0.25, -0.2) is 4.98 Å². The predicted octanol–water partition coefficient (Wildman–Crippen LogP) is 2.52. The van der Waals surface area contributed by atoms with Gasteiger partial charge in [0, 0.05) is 51.5 Å². The van der Waals surface area contributed by atoms with Gasteiger partial charge in [-0.3, -0.25) is 4.79 Å². The van der Waals surface area contributed by atoms with Gasteiger partial charge in [0.2, 0.25) is 11.9 Å². The minimum absolute atomic E-state index is 0.366. The highest BCUT2D eigenvalue weighted by Crippen LogP contribution is 2.27. The van der Waals surface area contributed by atoms with E-state index in [1.165, 1.54) is 32.1 Å². The standard InChI is InChI=1S/C17H28N4O/c1-2-19-9-8-18-17(19)21-12-10-20(11-13-21)16(22)14-15-6-4-3-5-7-15/h8-9,15H,2-7,10-14H2,1H3. The van der Waals surface area contributed by atoms with E-state index in [2.05, 4.69) is 26.3 Å². The highest BCUT2D eigenvalue weighted by Gasteiger charge is 2.25. The number of aryl methyl sites for hydroxylation is 1. The summed E-state index contributed by atoms with van der Waals surface area (Å²) in [6.45, 7) is 6.54. The lowest BCUT2D eigenvalue weighted by Crippen LogP contribution is -2.49. The Balaban J connectivity index is 1.49. The summed E-state index contributed by atoms with van der Waals surface area (Å²) < 4.78 is 2.17. The maximum atomic E-state index is 12.5. The zero-order chi connectivity index (χ0) is 15.4. The fraction of sp³-hybridized carbons (Fsp3) is 0.765. The van der Waals surface area contributed by atoms with Crippen molar-refractivity contribution in [2.24, 2.45) is 5.92 Å². The van der Waals surface area contributed by atoms with Gasteiger partial charge in [-0.1, -0.05) is 19.3 Å². The molecular formula is C17H28N4O. The number of piperazine rings is 1. The molecule has 2 heterocycles. The van der Waals surface area contributed by atoms with E-state index in [4.69, 9.17) is 0 Å². The van der Waals surface area contributed by atoms with Crippen LogP contribution in [0, 0.1) is 5.92 Å². The lowest BCUT2D eigenvalue weighted by atomic mass is 9.86. The Kier molecular flexibility index (Phi) is 5.01. The summed E-state index contributed by atoms with van der Waals surface area (Å²) in [5, 5.41) is 0. The van der Waals surface area contributed by atoms with E-state index >= 15 is 0 Å². The third kappa shape index (κ3) is 3.45. The second kappa shape index (κ2) is 7.16. The largest absolute Gasteiger partial charge is 0.339 e. The molecule has 2 aliphatic rings. The van der Waals surface area contributed by atoms with Crippen molar-refractivity contribution in [3.05, 3.63) is 12.4 Å². The minimum Gasteiger partial charge on any atom is -0.339 e. The van der Waals surface area contributed by atoms with E-state index in [-0.39, 0.29) is 0 Å². The van der Waals surface area contributed by atoms with Crippen LogP contribution >= 0.6 is 0 Å². The van der Waals surface area contributed by atoms with E-state index < -0.39 is 0 Å². The van der Waals surface area contributed by atoms with Crippen molar-refractivity contribution in [2.75, 3.05) is 31.1 Å². The highest BCUT2D eigenvalue weighted by atomic mass is 16.2. The van der Waals surface area contributed by atoms with Gasteiger partial charge in [-0.15, -0.1) is 0 Å². The van der Waals surface area contributed by atoms with Gasteiger partial charge in [0.25, 0.3) is 0 Å². The van der Waals surface area contributed by atoms with E-state index in [1.807, 2.05) is 12.4 Å². The van der Waals surface area contributed by atoms with Gasteiger partial charge in [0.05, 0.1) is 0 Å². The molecule has 1 saturated heterocycles. The molecule has 1 aliphatic carbocycles. The molecule has 0 atom stereocenters. The molecular weight excluding hydrogens is 276 g/mol. The lowest BCUT2D eigenvalue weighted by Gasteiger charge is -2.36. The Morgan fingerprint density at radius 2 is 1.91 bits per heavy atom. The molecule has 0 spiro atoms. The average Bonchev–Trinajstić information content (AvgIpc) is 3.04. The van der Waals surface area contributed by atoms with Crippen molar-refractivity contribution in [2.45, 2.75) is 52.0 Å². The van der Waals surface area contributed by atoms with Crippen molar-refractivity contribution in [1.29, 1.82) is 0 Å². The first kappa shape index (κ1) is 15.4. The third-order valence-corrected chi connectivity index (χ3v) is 5.14. The van der Waals surface area contributed by atoms with Gasteiger partial charge in [0.1, 0.15) is 0 Å². The van der Waals surface area contributed by atoms with Gasteiger partial charge in [-0.2, -0.15) is 0 Å². The lowest BCUT2D eigenvalue weighted by molar-refractivity contribution is -0.132. The number of hydrogen-bond donors (Lipinski definition) is 0. The first-order chi connectivity index (χ1) is 10.8. The molecule has 0 N–H and O–H groups in total. The zero-order valence-corrected chi connectivity index (χ0v) is 13.7. The van der Waals surface area contributed by atoms with Crippen LogP contribution in [0.25, 0.3) is 0 Å². The van der Waals surface area contributed by atoms with Crippen molar-refractivity contribution in [3.63, 3.8) is 0 Å². The molecule has 0 aromatic carbocycles. The molecule has 0 radical (unpaired) electrons. The van der Waals surface area contributed by atoms with E-state index in [0.29, 0.717) is 11.8 Å². The topological polar surface area (TPSA) is 41.4 Å². The molecule has 122 valence electrons. The molecule has 1 aliphatic heterocycles. The molecule has 3 rings (SSSR count). The molecule has 1 aromatic heterocycles. The molecule has 1 aromatic rings. The molecule has 2 fully saturated rings. The Morgan fingerprint density at radius 3 is 2.59 bits per heavy atom. The summed E-state index contributed by atoms with van der Waals surface area (Å²) in [5.74, 6) is 2.05. The van der Waals surface area contributed by atoms with Crippen LogP contribution in [-0.4, -0.2) is 46.5 Å². The number of rotatable bonds is 4. The predicted molar refractivity (Wildman–Crippen MR) is 87.9 cm³/mol. The molecule has 22 heavy (non-hydrogen) atoms. The van der Waals surface area contributed by atoms with E-state index in [9.17, 15) is 4.79 Å². The number of anilines is 1. The van der Waals surface area contributed by atoms with Gasteiger partial charge in [0.15, 0.2) is 0 Å². The quantitative estimate of drug-likeness (QED) is 0.858. The van der Waals surface area contributed by atoms with Crippen molar-refractivity contribution >= 4 is 11.9 Å². The fourth-order valence-corrected chi connectivity index (χ4v) is 3.75. The fourth-order valence-electron chi connectivity index (χ4n) is 3.75. The summed E-state index contributed by atoms with van der Waals surface area (Å²) >= 11 is 0. The summed E-state index contributed by atoms with van der Waals surface area (Å²) in [4.78, 5) is 21.3. The van der Waals surface area contributed by atoms with Crippen LogP contribution in [0.4, 0.5) is 5.95 Å². The zero-order valence-electron chi connectivity index (χ0n) is 13.7. The summed E-state index contributed by atoms with van der Waals surface area (Å²) in [5.41, 5.74) is 0. The minimum atomic E-state index is 0.366. The van der Waals surface area contributed by atoms with Crippen LogP contribution < -0.4 is 4.90 Å². The Hall–Kier alpha value is -1.52. The van der Waals surface area contributed by atoms with Gasteiger partial charge in [-0.05, 0) is 25.7 Å². The third-order valence-electron chi connectivity index (χ3n) is 5.14. The van der Waals surface area contributed by atoms with Crippen LogP contribution in [0.5, 0.6) is 0 Å². The first-order valence-electron chi connectivity index (χ1n) is 8.81. The second-order valence-corrected chi connectivity index (χ2v) is 6.59. The number of nitrogens with zero attached hydrogens (tertiary/aromatic N) is 4. The van der Waals surface area contributed by atoms with Crippen LogP contribution in [0.3, 0.4) is 0 Å². The number of imidazole rings is 1. The SMILES string of the molecule is CCn1ccnc1N1CCN(C(=O)CC2CCCCC2)CC1. The first-order valence-corrected chi connectivity index (χ1v) is 8.81. The van der Waals surface area contributed by atoms with Crippen LogP contribution in [0.15, 0.2) is 12.4 Å². The molecule has 0 bridgehead atoms. The van der Waals surface area contributed by atoms with Crippen molar-refractivity contribution < 1.29 is 4.79 Å². The van der Waals surface area contributed by atoms with E-state index in [0.717, 1.165) is 45.1 Å². The smallest absolute Gasteiger partial charge is 0.222 e. The number of amides is 1. The Morgan fingerprint density at radius 1 is 1.18 bits per heavy atom. The van der Waals surface area contributed by atoms with Crippen LogP contribution in [0.1, 0.15) is 45.4 Å². The summed E-state index contributed by atoms with van der Waals surface area (Å²) in [7, 11) is 0. The molecule has 1 amide bonds. The molecule has 5 nitrogen and oxygen atoms in total. The number of aromatic nitrogens is 2. The normalized spacial score (nSPS) is 20.4.